The van der Waals surface area contributed by atoms with Crippen LogP contribution < -0.4 is 10.2 Å². The zero-order valence-electron chi connectivity index (χ0n) is 14.3. The quantitative estimate of drug-likeness (QED) is 0.865. The molecule has 1 aromatic rings. The standard InChI is InChI=1S/C19H32N2/c1-5-20-14-17-8-9-19(16(4)13-17)21-11-6-7-18(10-12-21)15(2)3/h8-9,13,15,18,20H,5-7,10-12,14H2,1-4H3. The van der Waals surface area contributed by atoms with E-state index >= 15 is 0 Å². The second kappa shape index (κ2) is 7.84. The first kappa shape index (κ1) is 16.4. The minimum absolute atomic E-state index is 0.827. The normalized spacial score (nSPS) is 19.9. The van der Waals surface area contributed by atoms with Gasteiger partial charge in [-0.15, -0.1) is 0 Å². The van der Waals surface area contributed by atoms with Crippen LogP contribution in [0, 0.1) is 18.8 Å². The minimum atomic E-state index is 0.827. The van der Waals surface area contributed by atoms with E-state index in [2.05, 4.69) is 56.1 Å². The molecule has 1 aliphatic heterocycles. The molecule has 2 nitrogen and oxygen atoms in total. The number of anilines is 1. The van der Waals surface area contributed by atoms with Crippen LogP contribution in [0.1, 0.15) is 51.2 Å². The zero-order chi connectivity index (χ0) is 15.2. The molecule has 1 fully saturated rings. The van der Waals surface area contributed by atoms with Crippen molar-refractivity contribution in [2.24, 2.45) is 11.8 Å². The average Bonchev–Trinajstić information content (AvgIpc) is 2.71. The van der Waals surface area contributed by atoms with Crippen LogP contribution in [0.4, 0.5) is 5.69 Å². The number of rotatable bonds is 5. The summed E-state index contributed by atoms with van der Waals surface area (Å²) in [5.74, 6) is 1.73. The Morgan fingerprint density at radius 3 is 2.71 bits per heavy atom. The van der Waals surface area contributed by atoms with E-state index in [1.54, 1.807) is 0 Å². The van der Waals surface area contributed by atoms with Gasteiger partial charge in [0.25, 0.3) is 0 Å². The number of hydrogen-bond acceptors (Lipinski definition) is 2. The van der Waals surface area contributed by atoms with Gasteiger partial charge in [-0.25, -0.2) is 0 Å². The summed E-state index contributed by atoms with van der Waals surface area (Å²) < 4.78 is 0. The van der Waals surface area contributed by atoms with Crippen LogP contribution in [0.15, 0.2) is 18.2 Å². The zero-order valence-corrected chi connectivity index (χ0v) is 14.3. The Morgan fingerprint density at radius 2 is 2.05 bits per heavy atom. The molecule has 1 atom stereocenters. The van der Waals surface area contributed by atoms with Crippen LogP contribution in [0.2, 0.25) is 0 Å². The number of nitrogens with one attached hydrogen (secondary N) is 1. The SMILES string of the molecule is CCNCc1ccc(N2CCCC(C(C)C)CC2)c(C)c1. The van der Waals surface area contributed by atoms with Crippen molar-refractivity contribution < 1.29 is 0 Å². The van der Waals surface area contributed by atoms with Crippen molar-refractivity contribution in [2.45, 2.75) is 53.5 Å². The topological polar surface area (TPSA) is 15.3 Å². The highest BCUT2D eigenvalue weighted by Gasteiger charge is 2.20. The Morgan fingerprint density at radius 1 is 1.24 bits per heavy atom. The first-order chi connectivity index (χ1) is 10.1. The Bertz CT molecular complexity index is 439. The first-order valence-corrected chi connectivity index (χ1v) is 8.67. The molecule has 1 heterocycles. The third kappa shape index (κ3) is 4.47. The summed E-state index contributed by atoms with van der Waals surface area (Å²) in [6.07, 6.45) is 4.07. The molecule has 1 saturated heterocycles. The molecule has 1 aliphatic rings. The summed E-state index contributed by atoms with van der Waals surface area (Å²) in [6.45, 7) is 13.6. The fourth-order valence-corrected chi connectivity index (χ4v) is 3.48. The van der Waals surface area contributed by atoms with Crippen molar-refractivity contribution in [1.82, 2.24) is 5.32 Å². The fourth-order valence-electron chi connectivity index (χ4n) is 3.48. The number of aryl methyl sites for hydroxylation is 1. The van der Waals surface area contributed by atoms with Gasteiger partial charge in [0, 0.05) is 25.3 Å². The van der Waals surface area contributed by atoms with Crippen LogP contribution in [-0.4, -0.2) is 19.6 Å². The summed E-state index contributed by atoms with van der Waals surface area (Å²) in [5, 5.41) is 3.41. The average molecular weight is 288 g/mol. The van der Waals surface area contributed by atoms with Crippen molar-refractivity contribution in [3.63, 3.8) is 0 Å². The van der Waals surface area contributed by atoms with Gasteiger partial charge in [-0.1, -0.05) is 32.9 Å². The summed E-state index contributed by atoms with van der Waals surface area (Å²) in [7, 11) is 0. The Balaban J connectivity index is 2.04. The maximum Gasteiger partial charge on any atom is 0.0396 e. The van der Waals surface area contributed by atoms with E-state index in [1.165, 1.54) is 49.2 Å². The van der Waals surface area contributed by atoms with E-state index in [1.807, 2.05) is 0 Å². The molecule has 0 radical (unpaired) electrons. The Kier molecular flexibility index (Phi) is 6.10. The second-order valence-electron chi connectivity index (χ2n) is 6.82. The van der Waals surface area contributed by atoms with Crippen molar-refractivity contribution in [1.29, 1.82) is 0 Å². The summed E-state index contributed by atoms with van der Waals surface area (Å²) in [5.41, 5.74) is 4.26. The molecule has 0 amide bonds. The predicted molar refractivity (Wildman–Crippen MR) is 93.0 cm³/mol. The molecule has 1 N–H and O–H groups in total. The van der Waals surface area contributed by atoms with Gasteiger partial charge in [0.1, 0.15) is 0 Å². The molecule has 0 aromatic heterocycles. The van der Waals surface area contributed by atoms with E-state index < -0.39 is 0 Å². The smallest absolute Gasteiger partial charge is 0.0396 e. The summed E-state index contributed by atoms with van der Waals surface area (Å²) >= 11 is 0. The van der Waals surface area contributed by atoms with Gasteiger partial charge >= 0.3 is 0 Å². The van der Waals surface area contributed by atoms with Gasteiger partial charge in [0.2, 0.25) is 0 Å². The molecule has 2 heteroatoms. The largest absolute Gasteiger partial charge is 0.371 e. The summed E-state index contributed by atoms with van der Waals surface area (Å²) in [4.78, 5) is 2.61. The molecular weight excluding hydrogens is 256 g/mol. The lowest BCUT2D eigenvalue weighted by molar-refractivity contribution is 0.351. The number of hydrogen-bond donors (Lipinski definition) is 1. The maximum absolute atomic E-state index is 3.41. The van der Waals surface area contributed by atoms with Crippen LogP contribution in [0.5, 0.6) is 0 Å². The van der Waals surface area contributed by atoms with E-state index in [0.29, 0.717) is 0 Å². The summed E-state index contributed by atoms with van der Waals surface area (Å²) in [6, 6.07) is 6.97. The van der Waals surface area contributed by atoms with Gasteiger partial charge in [-0.3, -0.25) is 0 Å². The fraction of sp³-hybridized carbons (Fsp3) is 0.684. The van der Waals surface area contributed by atoms with Crippen LogP contribution >= 0.6 is 0 Å². The van der Waals surface area contributed by atoms with Gasteiger partial charge in [0.05, 0.1) is 0 Å². The third-order valence-corrected chi connectivity index (χ3v) is 4.90. The second-order valence-corrected chi connectivity index (χ2v) is 6.82. The molecule has 1 aromatic carbocycles. The third-order valence-electron chi connectivity index (χ3n) is 4.90. The molecule has 0 bridgehead atoms. The van der Waals surface area contributed by atoms with E-state index in [-0.39, 0.29) is 0 Å². The van der Waals surface area contributed by atoms with Crippen LogP contribution in [-0.2, 0) is 6.54 Å². The number of nitrogens with zero attached hydrogens (tertiary/aromatic N) is 1. The lowest BCUT2D eigenvalue weighted by atomic mass is 9.89. The highest BCUT2D eigenvalue weighted by molar-refractivity contribution is 5.54. The number of benzene rings is 1. The van der Waals surface area contributed by atoms with Gasteiger partial charge in [0.15, 0.2) is 0 Å². The maximum atomic E-state index is 3.41. The Labute approximate surface area is 130 Å². The van der Waals surface area contributed by atoms with E-state index in [9.17, 15) is 0 Å². The van der Waals surface area contributed by atoms with Crippen molar-refractivity contribution >= 4 is 5.69 Å². The van der Waals surface area contributed by atoms with Crippen molar-refractivity contribution in [3.8, 4) is 0 Å². The van der Waals surface area contributed by atoms with Gasteiger partial charge < -0.3 is 10.2 Å². The molecular formula is C19H32N2. The van der Waals surface area contributed by atoms with Gasteiger partial charge in [-0.05, 0) is 61.8 Å². The highest BCUT2D eigenvalue weighted by atomic mass is 15.1. The van der Waals surface area contributed by atoms with Crippen molar-refractivity contribution in [3.05, 3.63) is 29.3 Å². The molecule has 1 unspecified atom stereocenters. The molecule has 0 saturated carbocycles. The lowest BCUT2D eigenvalue weighted by Crippen LogP contribution is -2.25. The molecule has 0 aliphatic carbocycles. The van der Waals surface area contributed by atoms with Crippen LogP contribution in [0.25, 0.3) is 0 Å². The molecule has 0 spiro atoms. The molecule has 2 rings (SSSR count). The monoisotopic (exact) mass is 288 g/mol. The highest BCUT2D eigenvalue weighted by Crippen LogP contribution is 2.29. The molecule has 118 valence electrons. The van der Waals surface area contributed by atoms with Gasteiger partial charge in [-0.2, -0.15) is 0 Å². The van der Waals surface area contributed by atoms with E-state index in [4.69, 9.17) is 0 Å². The van der Waals surface area contributed by atoms with Crippen LogP contribution in [0.3, 0.4) is 0 Å². The first-order valence-electron chi connectivity index (χ1n) is 8.67. The van der Waals surface area contributed by atoms with Crippen molar-refractivity contribution in [2.75, 3.05) is 24.5 Å². The molecule has 21 heavy (non-hydrogen) atoms. The van der Waals surface area contributed by atoms with E-state index in [0.717, 1.165) is 24.9 Å². The predicted octanol–water partition coefficient (Wildman–Crippen LogP) is 4.37. The minimum Gasteiger partial charge on any atom is -0.371 e. The Hall–Kier alpha value is -1.02. The lowest BCUT2D eigenvalue weighted by Gasteiger charge is -2.25.